The molecule has 70 valence electrons. The van der Waals surface area contributed by atoms with Crippen LogP contribution in [0.25, 0.3) is 0 Å². The Morgan fingerprint density at radius 1 is 1.42 bits per heavy atom. The van der Waals surface area contributed by atoms with E-state index in [0.717, 1.165) is 0 Å². The minimum absolute atomic E-state index is 0.197. The highest BCUT2D eigenvalue weighted by molar-refractivity contribution is 6.28. The van der Waals surface area contributed by atoms with Crippen molar-refractivity contribution in [2.75, 3.05) is 28.2 Å². The van der Waals surface area contributed by atoms with E-state index >= 15 is 0 Å². The molecule has 0 spiro atoms. The number of nitrogens with one attached hydrogen (secondary N) is 1. The standard InChI is InChI=1S/C7H15ClN4/c1-11(2)6(8)5-10-7(9)12(3)4/h5-6,9H,1-4H3. The highest BCUT2D eigenvalue weighted by atomic mass is 35.5. The van der Waals surface area contributed by atoms with Crippen molar-refractivity contribution in [1.82, 2.24) is 9.80 Å². The lowest BCUT2D eigenvalue weighted by Crippen LogP contribution is -2.25. The second-order valence-corrected chi connectivity index (χ2v) is 3.28. The minimum atomic E-state index is -0.259. The molecule has 0 saturated heterocycles. The molecule has 0 aliphatic carbocycles. The van der Waals surface area contributed by atoms with Crippen LogP contribution in [0, 0.1) is 5.41 Å². The third-order valence-corrected chi connectivity index (χ3v) is 1.74. The molecule has 0 fully saturated rings. The molecule has 0 bridgehead atoms. The number of alkyl halides is 1. The lowest BCUT2D eigenvalue weighted by Gasteiger charge is -2.13. The molecular weight excluding hydrogens is 176 g/mol. The average molecular weight is 191 g/mol. The van der Waals surface area contributed by atoms with Crippen molar-refractivity contribution in [3.63, 3.8) is 0 Å². The van der Waals surface area contributed by atoms with Gasteiger partial charge in [-0.25, -0.2) is 4.99 Å². The van der Waals surface area contributed by atoms with Crippen molar-refractivity contribution in [1.29, 1.82) is 5.41 Å². The highest BCUT2D eigenvalue weighted by Gasteiger charge is 2.02. The normalized spacial score (nSPS) is 13.8. The quantitative estimate of drug-likeness (QED) is 0.301. The lowest BCUT2D eigenvalue weighted by molar-refractivity contribution is 0.441. The molecule has 0 aromatic rings. The number of aliphatic imine (C=N–C) groups is 1. The van der Waals surface area contributed by atoms with Crippen molar-refractivity contribution < 1.29 is 0 Å². The first-order valence-electron chi connectivity index (χ1n) is 3.55. The number of hydrogen-bond donors (Lipinski definition) is 1. The molecule has 1 N–H and O–H groups in total. The van der Waals surface area contributed by atoms with Crippen LogP contribution in [0.1, 0.15) is 0 Å². The summed E-state index contributed by atoms with van der Waals surface area (Å²) in [5.41, 5.74) is -0.259. The third-order valence-electron chi connectivity index (χ3n) is 1.24. The van der Waals surface area contributed by atoms with Gasteiger partial charge in [0, 0.05) is 20.3 Å². The van der Waals surface area contributed by atoms with Gasteiger partial charge in [0.05, 0.1) is 0 Å². The van der Waals surface area contributed by atoms with Gasteiger partial charge in [-0.1, -0.05) is 11.6 Å². The topological polar surface area (TPSA) is 42.7 Å². The monoisotopic (exact) mass is 190 g/mol. The third kappa shape index (κ3) is 4.31. The van der Waals surface area contributed by atoms with Crippen molar-refractivity contribution >= 4 is 23.8 Å². The van der Waals surface area contributed by atoms with Crippen LogP contribution in [0.15, 0.2) is 4.99 Å². The molecule has 4 nitrogen and oxygen atoms in total. The summed E-state index contributed by atoms with van der Waals surface area (Å²) >= 11 is 5.83. The molecule has 12 heavy (non-hydrogen) atoms. The van der Waals surface area contributed by atoms with Crippen LogP contribution >= 0.6 is 11.6 Å². The van der Waals surface area contributed by atoms with Gasteiger partial charge >= 0.3 is 0 Å². The second-order valence-electron chi connectivity index (χ2n) is 2.83. The smallest absolute Gasteiger partial charge is 0.216 e. The number of halogens is 1. The van der Waals surface area contributed by atoms with E-state index in [0.29, 0.717) is 0 Å². The minimum Gasteiger partial charge on any atom is -0.347 e. The summed E-state index contributed by atoms with van der Waals surface area (Å²) in [6.45, 7) is 0. The summed E-state index contributed by atoms with van der Waals surface area (Å²) in [6.07, 6.45) is 1.53. The van der Waals surface area contributed by atoms with Gasteiger partial charge < -0.3 is 4.90 Å². The fraction of sp³-hybridized carbons (Fsp3) is 0.714. The van der Waals surface area contributed by atoms with Crippen LogP contribution in [0.5, 0.6) is 0 Å². The molecular formula is C7H15ClN4. The molecule has 0 aromatic heterocycles. The summed E-state index contributed by atoms with van der Waals surface area (Å²) in [5, 5.41) is 7.33. The largest absolute Gasteiger partial charge is 0.347 e. The SMILES string of the molecule is CN(C)C(=N)N=CC(Cl)N(C)C. The molecule has 0 aromatic carbocycles. The number of hydrogen-bond acceptors (Lipinski definition) is 2. The van der Waals surface area contributed by atoms with Gasteiger partial charge in [-0.05, 0) is 14.1 Å². The predicted octanol–water partition coefficient (Wildman–Crippen LogP) is 0.680. The number of nitrogens with zero attached hydrogens (tertiary/aromatic N) is 3. The van der Waals surface area contributed by atoms with E-state index in [1.165, 1.54) is 6.21 Å². The van der Waals surface area contributed by atoms with Crippen LogP contribution < -0.4 is 0 Å². The van der Waals surface area contributed by atoms with Crippen molar-refractivity contribution in [3.8, 4) is 0 Å². The molecule has 1 atom stereocenters. The molecule has 5 heteroatoms. The van der Waals surface area contributed by atoms with Gasteiger partial charge in [-0.3, -0.25) is 10.3 Å². The molecule has 0 radical (unpaired) electrons. The fourth-order valence-corrected chi connectivity index (χ4v) is 0.437. The van der Waals surface area contributed by atoms with E-state index in [1.54, 1.807) is 23.9 Å². The summed E-state index contributed by atoms with van der Waals surface area (Å²) in [5.74, 6) is 0.197. The average Bonchev–Trinajstić information content (AvgIpc) is 1.98. The number of rotatable bonds is 2. The Hall–Kier alpha value is -0.610. The first kappa shape index (κ1) is 11.4. The lowest BCUT2D eigenvalue weighted by atomic mass is 10.6. The van der Waals surface area contributed by atoms with E-state index in [2.05, 4.69) is 4.99 Å². The van der Waals surface area contributed by atoms with E-state index in [-0.39, 0.29) is 11.5 Å². The Balaban J connectivity index is 3.98. The Morgan fingerprint density at radius 3 is 2.25 bits per heavy atom. The maximum atomic E-state index is 7.33. The van der Waals surface area contributed by atoms with Crippen LogP contribution in [0.3, 0.4) is 0 Å². The molecule has 0 rings (SSSR count). The van der Waals surface area contributed by atoms with E-state index in [1.807, 2.05) is 14.1 Å². The van der Waals surface area contributed by atoms with Crippen LogP contribution in [0.4, 0.5) is 0 Å². The maximum Gasteiger partial charge on any atom is 0.216 e. The predicted molar refractivity (Wildman–Crippen MR) is 53.2 cm³/mol. The van der Waals surface area contributed by atoms with Crippen molar-refractivity contribution in [2.45, 2.75) is 5.50 Å². The fourth-order valence-electron chi connectivity index (χ4n) is 0.381. The first-order chi connectivity index (χ1) is 5.45. The van der Waals surface area contributed by atoms with Crippen LogP contribution in [-0.4, -0.2) is 55.7 Å². The van der Waals surface area contributed by atoms with E-state index in [9.17, 15) is 0 Å². The summed E-state index contributed by atoms with van der Waals surface area (Å²) in [6, 6.07) is 0. The maximum absolute atomic E-state index is 7.33. The molecule has 0 saturated carbocycles. The molecule has 0 heterocycles. The molecule has 0 amide bonds. The molecule has 0 aliphatic rings. The Kier molecular flexibility index (Phi) is 4.85. The second kappa shape index (κ2) is 5.11. The van der Waals surface area contributed by atoms with Gasteiger partial charge in [-0.15, -0.1) is 0 Å². The molecule has 0 aliphatic heterocycles. The van der Waals surface area contributed by atoms with E-state index in [4.69, 9.17) is 17.0 Å². The van der Waals surface area contributed by atoms with Crippen LogP contribution in [-0.2, 0) is 0 Å². The van der Waals surface area contributed by atoms with Gasteiger partial charge in [-0.2, -0.15) is 0 Å². The van der Waals surface area contributed by atoms with Gasteiger partial charge in [0.25, 0.3) is 0 Å². The Labute approximate surface area is 78.3 Å². The van der Waals surface area contributed by atoms with Gasteiger partial charge in [0.1, 0.15) is 5.50 Å². The summed E-state index contributed by atoms with van der Waals surface area (Å²) < 4.78 is 0. The zero-order valence-electron chi connectivity index (χ0n) is 7.87. The van der Waals surface area contributed by atoms with Crippen LogP contribution in [0.2, 0.25) is 0 Å². The Morgan fingerprint density at radius 2 is 1.92 bits per heavy atom. The summed E-state index contributed by atoms with van der Waals surface area (Å²) in [4.78, 5) is 7.26. The summed E-state index contributed by atoms with van der Waals surface area (Å²) in [7, 11) is 7.23. The zero-order chi connectivity index (χ0) is 9.72. The first-order valence-corrected chi connectivity index (χ1v) is 3.99. The highest BCUT2D eigenvalue weighted by Crippen LogP contribution is 1.95. The Bertz CT molecular complexity index is 176. The van der Waals surface area contributed by atoms with Crippen molar-refractivity contribution in [3.05, 3.63) is 0 Å². The van der Waals surface area contributed by atoms with Gasteiger partial charge in [0.15, 0.2) is 0 Å². The van der Waals surface area contributed by atoms with Crippen molar-refractivity contribution in [2.24, 2.45) is 4.99 Å². The number of guanidine groups is 1. The molecule has 1 unspecified atom stereocenters. The van der Waals surface area contributed by atoms with E-state index < -0.39 is 0 Å². The zero-order valence-corrected chi connectivity index (χ0v) is 8.63. The van der Waals surface area contributed by atoms with Gasteiger partial charge in [0.2, 0.25) is 5.96 Å².